The first-order valence-electron chi connectivity index (χ1n) is 6.44. The Labute approximate surface area is 110 Å². The second-order valence-electron chi connectivity index (χ2n) is 5.58. The Bertz CT molecular complexity index is 365. The summed E-state index contributed by atoms with van der Waals surface area (Å²) < 4.78 is 5.47. The first-order valence-corrected chi connectivity index (χ1v) is 6.44. The van der Waals surface area contributed by atoms with E-state index in [2.05, 4.69) is 37.7 Å². The Hall–Kier alpha value is -1.29. The van der Waals surface area contributed by atoms with E-state index >= 15 is 0 Å². The summed E-state index contributed by atoms with van der Waals surface area (Å²) in [5.74, 6) is 0. The fourth-order valence-corrected chi connectivity index (χ4v) is 1.48. The monoisotopic (exact) mass is 251 g/mol. The zero-order chi connectivity index (χ0) is 13.6. The predicted octanol–water partition coefficient (Wildman–Crippen LogP) is 2.97. The summed E-state index contributed by atoms with van der Waals surface area (Å²) in [6.45, 7) is 11.8. The van der Waals surface area contributed by atoms with Crippen LogP contribution in [-0.2, 0) is 6.54 Å². The maximum absolute atomic E-state index is 5.47. The van der Waals surface area contributed by atoms with Gasteiger partial charge >= 0.3 is 0 Å². The van der Waals surface area contributed by atoms with Gasteiger partial charge in [0.05, 0.1) is 5.69 Å². The van der Waals surface area contributed by atoms with Gasteiger partial charge in [0.2, 0.25) is 0 Å². The van der Waals surface area contributed by atoms with Crippen LogP contribution in [0.3, 0.4) is 0 Å². The molecule has 1 heterocycles. The third kappa shape index (κ3) is 5.36. The lowest BCUT2D eigenvalue weighted by molar-refractivity contribution is 0.421. The molecule has 0 aliphatic rings. The molecule has 0 aliphatic carbocycles. The van der Waals surface area contributed by atoms with Crippen LogP contribution < -0.4 is 10.2 Å². The number of hydrogen-bond acceptors (Lipinski definition) is 4. The Kier molecular flexibility index (Phi) is 5.41. The molecule has 1 N–H and O–H groups in total. The molecule has 0 saturated heterocycles. The Morgan fingerprint density at radius 2 is 2.22 bits per heavy atom. The van der Waals surface area contributed by atoms with Crippen molar-refractivity contribution < 1.29 is 4.42 Å². The minimum atomic E-state index is 0.0922. The van der Waals surface area contributed by atoms with E-state index in [0.717, 1.165) is 31.6 Å². The number of allylic oxidation sites excluding steroid dienone is 1. The quantitative estimate of drug-likeness (QED) is 0.597. The lowest BCUT2D eigenvalue weighted by Gasteiger charge is -2.19. The number of nitrogens with zero attached hydrogens (tertiary/aromatic N) is 2. The summed E-state index contributed by atoms with van der Waals surface area (Å²) in [7, 11) is 2.00. The van der Waals surface area contributed by atoms with E-state index in [0.29, 0.717) is 6.01 Å². The molecule has 1 aromatic heterocycles. The van der Waals surface area contributed by atoms with Gasteiger partial charge in [0, 0.05) is 25.7 Å². The van der Waals surface area contributed by atoms with Gasteiger partial charge in [0.25, 0.3) is 6.01 Å². The van der Waals surface area contributed by atoms with E-state index in [4.69, 9.17) is 4.42 Å². The summed E-state index contributed by atoms with van der Waals surface area (Å²) in [6, 6.07) is 0.685. The molecule has 0 aliphatic heterocycles. The average Bonchev–Trinajstić information content (AvgIpc) is 2.74. The lowest BCUT2D eigenvalue weighted by atomic mass is 10.1. The molecule has 102 valence electrons. The summed E-state index contributed by atoms with van der Waals surface area (Å²) in [5, 5.41) is 3.39. The molecule has 4 nitrogen and oxygen atoms in total. The van der Waals surface area contributed by atoms with Crippen LogP contribution in [0.5, 0.6) is 0 Å². The van der Waals surface area contributed by atoms with Crippen LogP contribution in [0.2, 0.25) is 0 Å². The van der Waals surface area contributed by atoms with Gasteiger partial charge in [-0.05, 0) is 33.6 Å². The maximum Gasteiger partial charge on any atom is 0.297 e. The highest BCUT2D eigenvalue weighted by Gasteiger charge is 2.12. The van der Waals surface area contributed by atoms with Crippen molar-refractivity contribution in [1.82, 2.24) is 10.3 Å². The molecule has 0 atom stereocenters. The van der Waals surface area contributed by atoms with Crippen LogP contribution in [0.4, 0.5) is 6.01 Å². The normalized spacial score (nSPS) is 11.6. The van der Waals surface area contributed by atoms with Gasteiger partial charge in [-0.1, -0.05) is 6.08 Å². The SMILES string of the molecule is C=CCCCN(C)c1nc(CNC(C)(C)C)co1. The van der Waals surface area contributed by atoms with Crippen molar-refractivity contribution in [3.05, 3.63) is 24.6 Å². The topological polar surface area (TPSA) is 41.3 Å². The highest BCUT2D eigenvalue weighted by atomic mass is 16.4. The largest absolute Gasteiger partial charge is 0.432 e. The van der Waals surface area contributed by atoms with E-state index in [1.54, 1.807) is 6.26 Å². The highest BCUT2D eigenvalue weighted by molar-refractivity contribution is 5.25. The zero-order valence-electron chi connectivity index (χ0n) is 12.0. The first kappa shape index (κ1) is 14.8. The molecule has 0 aromatic carbocycles. The van der Waals surface area contributed by atoms with Crippen molar-refractivity contribution >= 4 is 6.01 Å². The van der Waals surface area contributed by atoms with Gasteiger partial charge in [-0.25, -0.2) is 0 Å². The van der Waals surface area contributed by atoms with Crippen molar-refractivity contribution in [2.24, 2.45) is 0 Å². The van der Waals surface area contributed by atoms with E-state index in [1.807, 2.05) is 18.0 Å². The van der Waals surface area contributed by atoms with Crippen molar-refractivity contribution in [2.45, 2.75) is 45.7 Å². The fourth-order valence-electron chi connectivity index (χ4n) is 1.48. The van der Waals surface area contributed by atoms with Crippen molar-refractivity contribution in [3.8, 4) is 0 Å². The Morgan fingerprint density at radius 3 is 2.83 bits per heavy atom. The molecule has 0 spiro atoms. The van der Waals surface area contributed by atoms with E-state index in [9.17, 15) is 0 Å². The molecule has 0 saturated carbocycles. The molecule has 1 aromatic rings. The van der Waals surface area contributed by atoms with Gasteiger partial charge < -0.3 is 14.6 Å². The van der Waals surface area contributed by atoms with Crippen LogP contribution in [0.25, 0.3) is 0 Å². The smallest absolute Gasteiger partial charge is 0.297 e. The van der Waals surface area contributed by atoms with Crippen LogP contribution >= 0.6 is 0 Å². The van der Waals surface area contributed by atoms with Crippen molar-refractivity contribution in [2.75, 3.05) is 18.5 Å². The fraction of sp³-hybridized carbons (Fsp3) is 0.643. The summed E-state index contributed by atoms with van der Waals surface area (Å²) in [5.41, 5.74) is 1.03. The first-order chi connectivity index (χ1) is 8.42. The van der Waals surface area contributed by atoms with Gasteiger partial charge in [0.15, 0.2) is 0 Å². The number of oxazole rings is 1. The molecule has 0 fully saturated rings. The number of hydrogen-bond donors (Lipinski definition) is 1. The molecule has 0 bridgehead atoms. The molecule has 18 heavy (non-hydrogen) atoms. The Balaban J connectivity index is 2.44. The number of rotatable bonds is 7. The minimum absolute atomic E-state index is 0.0922. The number of aromatic nitrogens is 1. The van der Waals surface area contributed by atoms with Crippen LogP contribution in [0.1, 0.15) is 39.3 Å². The Morgan fingerprint density at radius 1 is 1.50 bits per heavy atom. The van der Waals surface area contributed by atoms with Gasteiger partial charge in [-0.2, -0.15) is 4.98 Å². The third-order valence-electron chi connectivity index (χ3n) is 2.57. The second-order valence-corrected chi connectivity index (χ2v) is 5.58. The molecular weight excluding hydrogens is 226 g/mol. The average molecular weight is 251 g/mol. The van der Waals surface area contributed by atoms with Gasteiger partial charge in [-0.3, -0.25) is 0 Å². The van der Waals surface area contributed by atoms with Gasteiger partial charge in [0.1, 0.15) is 6.26 Å². The number of anilines is 1. The van der Waals surface area contributed by atoms with Crippen molar-refractivity contribution in [1.29, 1.82) is 0 Å². The van der Waals surface area contributed by atoms with Crippen LogP contribution in [-0.4, -0.2) is 24.1 Å². The maximum atomic E-state index is 5.47. The molecule has 0 unspecified atom stereocenters. The molecule has 1 rings (SSSR count). The predicted molar refractivity (Wildman–Crippen MR) is 75.8 cm³/mol. The van der Waals surface area contributed by atoms with E-state index < -0.39 is 0 Å². The number of unbranched alkanes of at least 4 members (excludes halogenated alkanes) is 1. The highest BCUT2D eigenvalue weighted by Crippen LogP contribution is 2.13. The zero-order valence-corrected chi connectivity index (χ0v) is 12.0. The second kappa shape index (κ2) is 6.59. The molecular formula is C14H25N3O. The molecule has 0 radical (unpaired) electrons. The van der Waals surface area contributed by atoms with Crippen LogP contribution in [0.15, 0.2) is 23.3 Å². The number of nitrogens with one attached hydrogen (secondary N) is 1. The van der Waals surface area contributed by atoms with Crippen LogP contribution in [0, 0.1) is 0 Å². The molecule has 4 heteroatoms. The molecule has 0 amide bonds. The van der Waals surface area contributed by atoms with Gasteiger partial charge in [-0.15, -0.1) is 6.58 Å². The summed E-state index contributed by atoms with van der Waals surface area (Å²) in [6.07, 6.45) is 5.74. The summed E-state index contributed by atoms with van der Waals surface area (Å²) >= 11 is 0. The van der Waals surface area contributed by atoms with Crippen molar-refractivity contribution in [3.63, 3.8) is 0 Å². The van der Waals surface area contributed by atoms with E-state index in [1.165, 1.54) is 0 Å². The standard InChI is InChI=1S/C14H25N3O/c1-6-7-8-9-17(5)13-16-12(11-18-13)10-15-14(2,3)4/h6,11,15H,1,7-10H2,2-5H3. The summed E-state index contributed by atoms with van der Waals surface area (Å²) in [4.78, 5) is 6.49. The van der Waals surface area contributed by atoms with E-state index in [-0.39, 0.29) is 5.54 Å². The lowest BCUT2D eigenvalue weighted by Crippen LogP contribution is -2.35. The third-order valence-corrected chi connectivity index (χ3v) is 2.57. The minimum Gasteiger partial charge on any atom is -0.432 e.